The lowest BCUT2D eigenvalue weighted by Crippen LogP contribution is -2.06. The van der Waals surface area contributed by atoms with Crippen molar-refractivity contribution >= 4 is 23.2 Å². The number of Topliss-reactive ketones (excluding diaryl/α,β-unsaturated/α-hetero) is 1. The second kappa shape index (κ2) is 7.67. The van der Waals surface area contributed by atoms with Crippen LogP contribution in [0.3, 0.4) is 0 Å². The standard InChI is InChI=1S/C22H21NO2S/c1-14(2)22(24)18-10-11-20(16(4)15(18)3)25-12-21-23-19(13-26-21)17-8-6-5-7-9-17/h5-13,23H,1H2,2-4H3. The minimum absolute atomic E-state index is 0.0276. The van der Waals surface area contributed by atoms with E-state index in [1.807, 2.05) is 38.1 Å². The Hall–Kier alpha value is -2.72. The zero-order valence-corrected chi connectivity index (χ0v) is 15.9. The number of hydrogen-bond donors (Lipinski definition) is 1. The summed E-state index contributed by atoms with van der Waals surface area (Å²) in [5.74, 6) is 0.712. The van der Waals surface area contributed by atoms with Crippen molar-refractivity contribution in [2.24, 2.45) is 0 Å². The average Bonchev–Trinajstić information content (AvgIpc) is 3.12. The summed E-state index contributed by atoms with van der Waals surface area (Å²) in [6.45, 7) is 9.36. The second-order valence-corrected chi connectivity index (χ2v) is 7.12. The highest BCUT2D eigenvalue weighted by Gasteiger charge is 2.15. The van der Waals surface area contributed by atoms with Gasteiger partial charge in [0.05, 0.1) is 5.70 Å². The van der Waals surface area contributed by atoms with Crippen LogP contribution in [0.2, 0.25) is 0 Å². The average molecular weight is 363 g/mol. The summed E-state index contributed by atoms with van der Waals surface area (Å²) in [7, 11) is 0. The van der Waals surface area contributed by atoms with Crippen LogP contribution in [0.1, 0.15) is 34.0 Å². The number of carbonyl (C=O) groups is 1. The molecule has 3 nitrogen and oxygen atoms in total. The Balaban J connectivity index is 1.73. The zero-order chi connectivity index (χ0) is 18.7. The normalized spacial score (nSPS) is 14.7. The van der Waals surface area contributed by atoms with Crippen LogP contribution in [-0.2, 0) is 0 Å². The fourth-order valence-corrected chi connectivity index (χ4v) is 3.36. The van der Waals surface area contributed by atoms with E-state index in [1.54, 1.807) is 31.0 Å². The molecule has 0 amide bonds. The van der Waals surface area contributed by atoms with Gasteiger partial charge in [0.1, 0.15) is 17.0 Å². The third kappa shape index (κ3) is 3.75. The van der Waals surface area contributed by atoms with E-state index in [1.165, 1.54) is 0 Å². The molecule has 0 atom stereocenters. The Labute approximate surface area is 158 Å². The van der Waals surface area contributed by atoms with Crippen LogP contribution in [0.5, 0.6) is 5.75 Å². The number of ether oxygens (including phenoxy) is 1. The Kier molecular flexibility index (Phi) is 5.33. The highest BCUT2D eigenvalue weighted by molar-refractivity contribution is 8.06. The summed E-state index contributed by atoms with van der Waals surface area (Å²) >= 11 is 1.58. The van der Waals surface area contributed by atoms with Crippen LogP contribution >= 0.6 is 11.8 Å². The first kappa shape index (κ1) is 18.1. The first-order chi connectivity index (χ1) is 12.5. The molecule has 1 N–H and O–H groups in total. The van der Waals surface area contributed by atoms with Gasteiger partial charge in [-0.05, 0) is 55.2 Å². The molecule has 2 aromatic rings. The molecule has 0 saturated carbocycles. The number of thioether (sulfide) groups is 1. The molecule has 0 aromatic heterocycles. The maximum atomic E-state index is 12.2. The molecule has 0 spiro atoms. The van der Waals surface area contributed by atoms with Crippen LogP contribution < -0.4 is 10.1 Å². The maximum absolute atomic E-state index is 12.2. The number of rotatable bonds is 5. The summed E-state index contributed by atoms with van der Waals surface area (Å²) in [5.41, 5.74) is 5.28. The van der Waals surface area contributed by atoms with Gasteiger partial charge in [-0.2, -0.15) is 0 Å². The lowest BCUT2D eigenvalue weighted by molar-refractivity contribution is 0.103. The molecule has 0 radical (unpaired) electrons. The third-order valence-corrected chi connectivity index (χ3v) is 5.11. The quantitative estimate of drug-likeness (QED) is 0.428. The van der Waals surface area contributed by atoms with Gasteiger partial charge in [0.25, 0.3) is 0 Å². The van der Waals surface area contributed by atoms with Crippen LogP contribution in [0.4, 0.5) is 0 Å². The molecule has 0 bridgehead atoms. The van der Waals surface area contributed by atoms with Crippen molar-refractivity contribution in [2.45, 2.75) is 20.8 Å². The van der Waals surface area contributed by atoms with Crippen LogP contribution in [0, 0.1) is 13.8 Å². The smallest absolute Gasteiger partial charge is 0.188 e. The van der Waals surface area contributed by atoms with E-state index in [2.05, 4.69) is 29.4 Å². The molecular formula is C22H21NO2S. The van der Waals surface area contributed by atoms with Crippen molar-refractivity contribution in [3.8, 4) is 5.75 Å². The van der Waals surface area contributed by atoms with E-state index in [4.69, 9.17) is 4.74 Å². The largest absolute Gasteiger partial charge is 0.462 e. The number of hydrogen-bond acceptors (Lipinski definition) is 4. The third-order valence-electron chi connectivity index (χ3n) is 4.31. The van der Waals surface area contributed by atoms with Crippen molar-refractivity contribution in [3.05, 3.63) is 93.6 Å². The lowest BCUT2D eigenvalue weighted by atomic mass is 9.96. The van der Waals surface area contributed by atoms with Crippen molar-refractivity contribution in [3.63, 3.8) is 0 Å². The first-order valence-electron chi connectivity index (χ1n) is 8.34. The van der Waals surface area contributed by atoms with Gasteiger partial charge in [-0.1, -0.05) is 48.7 Å². The molecule has 26 heavy (non-hydrogen) atoms. The predicted octanol–water partition coefficient (Wildman–Crippen LogP) is 5.57. The van der Waals surface area contributed by atoms with Crippen molar-refractivity contribution in [2.75, 3.05) is 0 Å². The molecule has 1 aliphatic heterocycles. The fourth-order valence-electron chi connectivity index (χ4n) is 2.65. The minimum atomic E-state index is -0.0276. The Morgan fingerprint density at radius 2 is 1.85 bits per heavy atom. The van der Waals surface area contributed by atoms with E-state index < -0.39 is 0 Å². The molecule has 0 aliphatic carbocycles. The molecular weight excluding hydrogens is 342 g/mol. The van der Waals surface area contributed by atoms with Gasteiger partial charge >= 0.3 is 0 Å². The van der Waals surface area contributed by atoms with Gasteiger partial charge in [0, 0.05) is 11.0 Å². The number of ketones is 1. The lowest BCUT2D eigenvalue weighted by Gasteiger charge is -2.12. The summed E-state index contributed by atoms with van der Waals surface area (Å²) in [6.07, 6.45) is 1.71. The summed E-state index contributed by atoms with van der Waals surface area (Å²) in [5, 5.41) is 6.34. The maximum Gasteiger partial charge on any atom is 0.188 e. The number of nitrogens with one attached hydrogen (secondary N) is 1. The van der Waals surface area contributed by atoms with Crippen LogP contribution in [0.25, 0.3) is 5.70 Å². The molecule has 1 aliphatic rings. The van der Waals surface area contributed by atoms with Gasteiger partial charge in [-0.25, -0.2) is 0 Å². The van der Waals surface area contributed by atoms with E-state index >= 15 is 0 Å². The SMILES string of the molecule is C=C(C)C(=O)c1ccc(OC=C2NC(c3ccccc3)=CS2)c(C)c1C. The Morgan fingerprint density at radius 1 is 1.12 bits per heavy atom. The predicted molar refractivity (Wildman–Crippen MR) is 109 cm³/mol. The molecule has 132 valence electrons. The summed E-state index contributed by atoms with van der Waals surface area (Å²) in [4.78, 5) is 12.2. The molecule has 1 heterocycles. The van der Waals surface area contributed by atoms with E-state index in [-0.39, 0.29) is 5.78 Å². The van der Waals surface area contributed by atoms with Gasteiger partial charge in [-0.3, -0.25) is 4.79 Å². The molecule has 3 rings (SSSR count). The molecule has 4 heteroatoms. The van der Waals surface area contributed by atoms with Gasteiger partial charge in [0.15, 0.2) is 5.78 Å². The van der Waals surface area contributed by atoms with Crippen LogP contribution in [-0.4, -0.2) is 5.78 Å². The van der Waals surface area contributed by atoms with Gasteiger partial charge in [0.2, 0.25) is 0 Å². The zero-order valence-electron chi connectivity index (χ0n) is 15.1. The first-order valence-corrected chi connectivity index (χ1v) is 9.22. The van der Waals surface area contributed by atoms with Crippen molar-refractivity contribution in [1.29, 1.82) is 0 Å². The molecule has 0 fully saturated rings. The number of allylic oxidation sites excluding steroid dienone is 1. The highest BCUT2D eigenvalue weighted by atomic mass is 32.2. The van der Waals surface area contributed by atoms with E-state index in [9.17, 15) is 4.79 Å². The topological polar surface area (TPSA) is 38.3 Å². The van der Waals surface area contributed by atoms with E-state index in [0.717, 1.165) is 33.2 Å². The van der Waals surface area contributed by atoms with Gasteiger partial charge < -0.3 is 10.1 Å². The Bertz CT molecular complexity index is 927. The van der Waals surface area contributed by atoms with Crippen molar-refractivity contribution in [1.82, 2.24) is 5.32 Å². The molecule has 0 unspecified atom stereocenters. The molecule has 2 aromatic carbocycles. The van der Waals surface area contributed by atoms with Gasteiger partial charge in [-0.15, -0.1) is 0 Å². The fraction of sp³-hybridized carbons (Fsp3) is 0.136. The van der Waals surface area contributed by atoms with Crippen molar-refractivity contribution < 1.29 is 9.53 Å². The second-order valence-electron chi connectivity index (χ2n) is 6.21. The summed E-state index contributed by atoms with van der Waals surface area (Å²) < 4.78 is 5.87. The number of carbonyl (C=O) groups excluding carboxylic acids is 1. The molecule has 0 saturated heterocycles. The minimum Gasteiger partial charge on any atom is -0.462 e. The van der Waals surface area contributed by atoms with E-state index in [0.29, 0.717) is 11.1 Å². The number of benzene rings is 2. The van der Waals surface area contributed by atoms with Crippen LogP contribution in [0.15, 0.2) is 71.3 Å². The monoisotopic (exact) mass is 363 g/mol. The summed E-state index contributed by atoms with van der Waals surface area (Å²) in [6, 6.07) is 13.8. The Morgan fingerprint density at radius 3 is 2.54 bits per heavy atom. The highest BCUT2D eigenvalue weighted by Crippen LogP contribution is 2.31.